The van der Waals surface area contributed by atoms with Crippen molar-refractivity contribution in [2.45, 2.75) is 57.8 Å². The van der Waals surface area contributed by atoms with Gasteiger partial charge in [-0.1, -0.05) is 0 Å². The van der Waals surface area contributed by atoms with Crippen LogP contribution in [0.25, 0.3) is 0 Å². The summed E-state index contributed by atoms with van der Waals surface area (Å²) in [5, 5.41) is 48.2. The van der Waals surface area contributed by atoms with Crippen molar-refractivity contribution in [3.05, 3.63) is 0 Å². The molecular formula is C15H24GdO12+3. The van der Waals surface area contributed by atoms with Crippen LogP contribution in [0.5, 0.6) is 0 Å². The molecule has 6 N–H and O–H groups in total. The van der Waals surface area contributed by atoms with E-state index < -0.39 is 35.8 Å². The molecule has 28 heavy (non-hydrogen) atoms. The summed E-state index contributed by atoms with van der Waals surface area (Å²) < 4.78 is 0. The van der Waals surface area contributed by atoms with Crippen molar-refractivity contribution >= 4 is 35.8 Å². The Bertz CT molecular complexity index is 390. The Balaban J connectivity index is -0.000000152. The van der Waals surface area contributed by atoms with Crippen LogP contribution < -0.4 is 0 Å². The molecule has 13 heteroatoms. The van der Waals surface area contributed by atoms with Gasteiger partial charge in [-0.25, -0.2) is 0 Å². The van der Waals surface area contributed by atoms with Crippen LogP contribution in [-0.4, -0.2) is 66.5 Å². The number of hydrogen-bond donors (Lipinski definition) is 6. The van der Waals surface area contributed by atoms with E-state index in [0.29, 0.717) is 0 Å². The van der Waals surface area contributed by atoms with E-state index in [1.54, 1.807) is 0 Å². The molecule has 0 atom stereocenters. The van der Waals surface area contributed by atoms with Gasteiger partial charge in [0.15, 0.2) is 0 Å². The molecule has 0 spiro atoms. The van der Waals surface area contributed by atoms with Gasteiger partial charge >= 0.3 is 75.8 Å². The van der Waals surface area contributed by atoms with Crippen LogP contribution >= 0.6 is 0 Å². The van der Waals surface area contributed by atoms with Crippen molar-refractivity contribution in [3.8, 4) is 0 Å². The Morgan fingerprint density at radius 2 is 0.464 bits per heavy atom. The summed E-state index contributed by atoms with van der Waals surface area (Å²) in [7, 11) is 0. The molecule has 0 aliphatic heterocycles. The zero-order valence-corrected chi connectivity index (χ0v) is 17.1. The molecular weight excluding hydrogens is 529 g/mol. The third-order valence-electron chi connectivity index (χ3n) is 2.34. The molecule has 0 unspecified atom stereocenters. The minimum Gasteiger partial charge on any atom is -0.481 e. The maximum Gasteiger partial charge on any atom is 3.00 e. The Kier molecular flexibility index (Phi) is 27.9. The molecule has 161 valence electrons. The predicted molar refractivity (Wildman–Crippen MR) is 87.4 cm³/mol. The van der Waals surface area contributed by atoms with Gasteiger partial charge in [-0.3, -0.25) is 28.8 Å². The van der Waals surface area contributed by atoms with Gasteiger partial charge in [0.1, 0.15) is 0 Å². The van der Waals surface area contributed by atoms with Crippen molar-refractivity contribution in [1.29, 1.82) is 0 Å². The molecule has 1 radical (unpaired) electrons. The minimum atomic E-state index is -0.948. The molecule has 0 heterocycles. The second kappa shape index (κ2) is 23.2. The molecule has 0 rings (SSSR count). The normalized spacial score (nSPS) is 8.57. The first kappa shape index (κ1) is 33.7. The molecule has 12 nitrogen and oxygen atoms in total. The molecule has 0 aromatic rings. The molecule has 0 amide bonds. The smallest absolute Gasteiger partial charge is 0.481 e. The van der Waals surface area contributed by atoms with Gasteiger partial charge in [-0.05, 0) is 19.3 Å². The zero-order valence-electron chi connectivity index (χ0n) is 14.9. The summed E-state index contributed by atoms with van der Waals surface area (Å²) >= 11 is 0. The Labute approximate surface area is 192 Å². The van der Waals surface area contributed by atoms with Crippen LogP contribution in [0.15, 0.2) is 0 Å². The molecule has 0 bridgehead atoms. The Morgan fingerprint density at radius 1 is 0.357 bits per heavy atom. The van der Waals surface area contributed by atoms with E-state index in [1.807, 2.05) is 0 Å². The van der Waals surface area contributed by atoms with Crippen LogP contribution in [0.3, 0.4) is 0 Å². The molecule has 0 aliphatic rings. The van der Waals surface area contributed by atoms with Gasteiger partial charge in [0.05, 0.1) is 0 Å². The third kappa shape index (κ3) is 49.6. The summed E-state index contributed by atoms with van der Waals surface area (Å²) in [6, 6.07) is 0. The van der Waals surface area contributed by atoms with Crippen molar-refractivity contribution in [3.63, 3.8) is 0 Å². The number of aliphatic carboxylic acids is 6. The Morgan fingerprint density at radius 3 is 0.536 bits per heavy atom. The van der Waals surface area contributed by atoms with Crippen molar-refractivity contribution in [1.82, 2.24) is 0 Å². The molecule has 0 aromatic heterocycles. The summed E-state index contributed by atoms with van der Waals surface area (Å²) in [6.07, 6.45) is 0.260. The molecule has 0 saturated carbocycles. The van der Waals surface area contributed by atoms with Crippen LogP contribution in [0.2, 0.25) is 0 Å². The number of carboxylic acids is 6. The summed E-state index contributed by atoms with van der Waals surface area (Å²) in [5.74, 6) is -5.69. The fourth-order valence-corrected chi connectivity index (χ4v) is 1.17. The predicted octanol–water partition coefficient (Wildman–Crippen LogP) is 0.978. The fourth-order valence-electron chi connectivity index (χ4n) is 1.17. The standard InChI is InChI=1S/3C5H8O4.Gd/c3*6-4(7)2-1-3-5(8)9;/h3*1-3H2,(H,6,7)(H,8,9);/q;;;+3. The minimum absolute atomic E-state index is 0. The maximum atomic E-state index is 9.79. The molecule has 0 saturated heterocycles. The zero-order chi connectivity index (χ0) is 21.8. The van der Waals surface area contributed by atoms with Crippen molar-refractivity contribution < 1.29 is 99.3 Å². The second-order valence-electron chi connectivity index (χ2n) is 4.92. The molecule has 0 aromatic carbocycles. The van der Waals surface area contributed by atoms with E-state index in [4.69, 9.17) is 30.6 Å². The first-order valence-corrected chi connectivity index (χ1v) is 7.69. The van der Waals surface area contributed by atoms with Crippen LogP contribution in [0, 0.1) is 39.9 Å². The molecule has 0 fully saturated rings. The molecule has 0 aliphatic carbocycles. The summed E-state index contributed by atoms with van der Waals surface area (Å²) in [4.78, 5) is 58.7. The first-order chi connectivity index (χ1) is 12.4. The van der Waals surface area contributed by atoms with E-state index in [-0.39, 0.29) is 97.7 Å². The average Bonchev–Trinajstić information content (AvgIpc) is 2.46. The van der Waals surface area contributed by atoms with Crippen LogP contribution in [0.4, 0.5) is 0 Å². The first-order valence-electron chi connectivity index (χ1n) is 7.69. The van der Waals surface area contributed by atoms with Crippen molar-refractivity contribution in [2.24, 2.45) is 0 Å². The van der Waals surface area contributed by atoms with Gasteiger partial charge < -0.3 is 30.6 Å². The van der Waals surface area contributed by atoms with Gasteiger partial charge in [0.25, 0.3) is 0 Å². The number of carboxylic acid groups (broad SMARTS) is 6. The quantitative estimate of drug-likeness (QED) is 0.199. The van der Waals surface area contributed by atoms with E-state index >= 15 is 0 Å². The Hall–Kier alpha value is -1.86. The number of rotatable bonds is 12. The van der Waals surface area contributed by atoms with E-state index in [1.165, 1.54) is 0 Å². The fraction of sp³-hybridized carbons (Fsp3) is 0.600. The van der Waals surface area contributed by atoms with E-state index in [2.05, 4.69) is 0 Å². The van der Waals surface area contributed by atoms with E-state index in [0.717, 1.165) is 0 Å². The van der Waals surface area contributed by atoms with E-state index in [9.17, 15) is 28.8 Å². The number of carbonyl (C=O) groups is 6. The third-order valence-corrected chi connectivity index (χ3v) is 2.34. The monoisotopic (exact) mass is 554 g/mol. The van der Waals surface area contributed by atoms with Gasteiger partial charge in [-0.15, -0.1) is 0 Å². The van der Waals surface area contributed by atoms with Gasteiger partial charge in [0.2, 0.25) is 0 Å². The van der Waals surface area contributed by atoms with Crippen LogP contribution in [0.1, 0.15) is 57.8 Å². The average molecular weight is 554 g/mol. The SMILES string of the molecule is O=C(O)CCCC(=O)O.O=C(O)CCCC(=O)O.O=C(O)CCCC(=O)O.[Gd+3]. The largest absolute Gasteiger partial charge is 3.00 e. The summed E-state index contributed by atoms with van der Waals surface area (Å²) in [5.41, 5.74) is 0. The maximum absolute atomic E-state index is 9.79. The van der Waals surface area contributed by atoms with Gasteiger partial charge in [-0.2, -0.15) is 0 Å². The topological polar surface area (TPSA) is 224 Å². The second-order valence-corrected chi connectivity index (χ2v) is 4.92. The number of hydrogen-bond acceptors (Lipinski definition) is 6. The van der Waals surface area contributed by atoms with Gasteiger partial charge in [0, 0.05) is 38.5 Å². The van der Waals surface area contributed by atoms with Crippen molar-refractivity contribution in [2.75, 3.05) is 0 Å². The summed E-state index contributed by atoms with van der Waals surface area (Å²) in [6.45, 7) is 0. The van der Waals surface area contributed by atoms with Crippen LogP contribution in [-0.2, 0) is 28.8 Å².